The van der Waals surface area contributed by atoms with E-state index in [-0.39, 0.29) is 34.9 Å². The summed E-state index contributed by atoms with van der Waals surface area (Å²) >= 11 is 0. The Kier molecular flexibility index (Phi) is 9.29. The fraction of sp³-hybridized carbons (Fsp3) is 0.485. The molecule has 1 N–H and O–H groups in total. The van der Waals surface area contributed by atoms with Crippen molar-refractivity contribution in [3.8, 4) is 0 Å². The molecule has 5 rings (SSSR count). The number of fused-ring (bicyclic) bond motifs is 1. The molecule has 0 radical (unpaired) electrons. The van der Waals surface area contributed by atoms with Gasteiger partial charge in [-0.25, -0.2) is 13.2 Å². The van der Waals surface area contributed by atoms with Crippen LogP contribution in [0, 0.1) is 10.8 Å². The Morgan fingerprint density at radius 1 is 1.11 bits per heavy atom. The van der Waals surface area contributed by atoms with Crippen LogP contribution in [0.15, 0.2) is 59.5 Å². The van der Waals surface area contributed by atoms with Crippen molar-refractivity contribution in [1.82, 2.24) is 19.4 Å². The molecule has 2 aliphatic rings. The van der Waals surface area contributed by atoms with E-state index in [4.69, 9.17) is 14.6 Å². The number of amides is 1. The summed E-state index contributed by atoms with van der Waals surface area (Å²) in [5, 5.41) is 7.98. The van der Waals surface area contributed by atoms with Crippen LogP contribution >= 0.6 is 0 Å². The molecule has 1 fully saturated rings. The molecular weight excluding hydrogens is 580 g/mol. The molecule has 236 valence electrons. The van der Waals surface area contributed by atoms with Gasteiger partial charge in [0.25, 0.3) is 5.91 Å². The third-order valence-electron chi connectivity index (χ3n) is 8.66. The first-order valence-corrected chi connectivity index (χ1v) is 16.6. The first kappa shape index (κ1) is 31.9. The second-order valence-corrected chi connectivity index (χ2v) is 14.8. The van der Waals surface area contributed by atoms with Crippen molar-refractivity contribution in [3.63, 3.8) is 0 Å². The van der Waals surface area contributed by atoms with Crippen LogP contribution < -0.4 is 5.32 Å². The summed E-state index contributed by atoms with van der Waals surface area (Å²) in [7, 11) is -2.21. The van der Waals surface area contributed by atoms with Gasteiger partial charge >= 0.3 is 5.97 Å². The third kappa shape index (κ3) is 6.90. The average molecular weight is 623 g/mol. The minimum Gasteiger partial charge on any atom is -0.462 e. The van der Waals surface area contributed by atoms with Crippen molar-refractivity contribution < 1.29 is 27.5 Å². The standard InChI is InChI=1S/C33H42N4O6S/c1-5-37-29-27(19-33(22-34-30(29)38)15-17-42-18-16-33)28(35-37)20-32(2,3)23-43-31(39)25-11-13-26(14-12-25)44(40,41)36(4)21-24-9-7-6-8-10-24/h6-14H,5,15-23H2,1-4H3,(H,34,38). The van der Waals surface area contributed by atoms with E-state index in [1.807, 2.05) is 51.1 Å². The van der Waals surface area contributed by atoms with Crippen molar-refractivity contribution >= 4 is 21.9 Å². The van der Waals surface area contributed by atoms with Crippen molar-refractivity contribution in [2.45, 2.75) is 64.4 Å². The smallest absolute Gasteiger partial charge is 0.338 e. The summed E-state index contributed by atoms with van der Waals surface area (Å²) in [5.74, 6) is -0.622. The minimum absolute atomic E-state index is 0.0535. The molecule has 11 heteroatoms. The molecule has 1 spiro atoms. The van der Waals surface area contributed by atoms with Crippen molar-refractivity contribution in [1.29, 1.82) is 0 Å². The van der Waals surface area contributed by atoms with E-state index in [1.165, 1.54) is 35.6 Å². The number of aryl methyl sites for hydroxylation is 1. The highest BCUT2D eigenvalue weighted by atomic mass is 32.2. The predicted molar refractivity (Wildman–Crippen MR) is 166 cm³/mol. The highest BCUT2D eigenvalue weighted by Crippen LogP contribution is 2.39. The molecule has 0 unspecified atom stereocenters. The number of rotatable bonds is 10. The molecule has 1 saturated heterocycles. The van der Waals surface area contributed by atoms with Crippen LogP contribution in [0.4, 0.5) is 0 Å². The van der Waals surface area contributed by atoms with Crippen molar-refractivity contribution in [2.75, 3.05) is 33.4 Å². The van der Waals surface area contributed by atoms with E-state index in [9.17, 15) is 18.0 Å². The van der Waals surface area contributed by atoms with E-state index in [2.05, 4.69) is 5.32 Å². The van der Waals surface area contributed by atoms with Gasteiger partial charge in [0, 0.05) is 57.3 Å². The Morgan fingerprint density at radius 3 is 2.45 bits per heavy atom. The van der Waals surface area contributed by atoms with Gasteiger partial charge in [0.2, 0.25) is 10.0 Å². The second kappa shape index (κ2) is 12.8. The maximum Gasteiger partial charge on any atom is 0.338 e. The van der Waals surface area contributed by atoms with Crippen LogP contribution in [-0.2, 0) is 45.4 Å². The maximum atomic E-state index is 13.2. The number of benzene rings is 2. The minimum atomic E-state index is -3.74. The molecule has 2 aromatic carbocycles. The highest BCUT2D eigenvalue weighted by molar-refractivity contribution is 7.89. The average Bonchev–Trinajstić information content (AvgIpc) is 3.28. The Hall–Kier alpha value is -3.54. The molecule has 0 bridgehead atoms. The molecule has 1 amide bonds. The quantitative estimate of drug-likeness (QED) is 0.336. The zero-order valence-corrected chi connectivity index (χ0v) is 26.8. The molecule has 3 aromatic rings. The number of sulfonamides is 1. The fourth-order valence-electron chi connectivity index (χ4n) is 6.02. The van der Waals surface area contributed by atoms with Crippen LogP contribution in [0.2, 0.25) is 0 Å². The number of carbonyl (C=O) groups is 2. The summed E-state index contributed by atoms with van der Waals surface area (Å²) in [5.41, 5.74) is 3.10. The molecule has 1 aromatic heterocycles. The Labute approximate surface area is 259 Å². The zero-order chi connectivity index (χ0) is 31.5. The van der Waals surface area contributed by atoms with Crippen LogP contribution in [-0.4, -0.2) is 67.8 Å². The monoisotopic (exact) mass is 622 g/mol. The van der Waals surface area contributed by atoms with Gasteiger partial charge in [-0.05, 0) is 61.4 Å². The van der Waals surface area contributed by atoms with Gasteiger partial charge in [0.05, 0.1) is 22.8 Å². The van der Waals surface area contributed by atoms with E-state index in [0.717, 1.165) is 36.1 Å². The lowest BCUT2D eigenvalue weighted by atomic mass is 9.74. The largest absolute Gasteiger partial charge is 0.462 e. The molecule has 0 aliphatic carbocycles. The lowest BCUT2D eigenvalue weighted by molar-refractivity contribution is 0.0159. The summed E-state index contributed by atoms with van der Waals surface area (Å²) in [6, 6.07) is 15.2. The van der Waals surface area contributed by atoms with Crippen LogP contribution in [0.3, 0.4) is 0 Å². The molecule has 44 heavy (non-hydrogen) atoms. The SMILES string of the molecule is CCn1nc(CC(C)(C)COC(=O)c2ccc(S(=O)(=O)N(C)Cc3ccccc3)cc2)c2c1C(=O)NCC1(CCOCC1)C2. The van der Waals surface area contributed by atoms with Crippen LogP contribution in [0.5, 0.6) is 0 Å². The van der Waals surface area contributed by atoms with Gasteiger partial charge in [0.1, 0.15) is 5.69 Å². The topological polar surface area (TPSA) is 120 Å². The van der Waals surface area contributed by atoms with E-state index < -0.39 is 21.4 Å². The number of hydrogen-bond donors (Lipinski definition) is 1. The Morgan fingerprint density at radius 2 is 1.80 bits per heavy atom. The molecule has 2 aliphatic heterocycles. The van der Waals surface area contributed by atoms with Gasteiger partial charge in [0.15, 0.2) is 0 Å². The molecule has 0 saturated carbocycles. The van der Waals surface area contributed by atoms with Gasteiger partial charge in [-0.2, -0.15) is 9.40 Å². The van der Waals surface area contributed by atoms with Crippen LogP contribution in [0.25, 0.3) is 0 Å². The maximum absolute atomic E-state index is 13.2. The number of aromatic nitrogens is 2. The van der Waals surface area contributed by atoms with E-state index in [1.54, 1.807) is 4.68 Å². The number of carbonyl (C=O) groups excluding carboxylic acids is 2. The third-order valence-corrected chi connectivity index (χ3v) is 10.5. The van der Waals surface area contributed by atoms with Gasteiger partial charge < -0.3 is 14.8 Å². The number of esters is 1. The zero-order valence-electron chi connectivity index (χ0n) is 26.0. The molecule has 0 atom stereocenters. The highest BCUT2D eigenvalue weighted by Gasteiger charge is 2.40. The lowest BCUT2D eigenvalue weighted by Crippen LogP contribution is -2.40. The summed E-state index contributed by atoms with van der Waals surface area (Å²) in [6.45, 7) is 8.93. The van der Waals surface area contributed by atoms with E-state index in [0.29, 0.717) is 38.4 Å². The van der Waals surface area contributed by atoms with Gasteiger partial charge in [-0.1, -0.05) is 44.2 Å². The van der Waals surface area contributed by atoms with Gasteiger partial charge in [-0.3, -0.25) is 9.48 Å². The Balaban J connectivity index is 1.25. The number of nitrogens with zero attached hydrogens (tertiary/aromatic N) is 3. The van der Waals surface area contributed by atoms with Crippen LogP contribution in [0.1, 0.15) is 71.3 Å². The van der Waals surface area contributed by atoms with Gasteiger partial charge in [-0.15, -0.1) is 0 Å². The number of ether oxygens (including phenoxy) is 2. The lowest BCUT2D eigenvalue weighted by Gasteiger charge is -2.36. The number of nitrogens with one attached hydrogen (secondary N) is 1. The summed E-state index contributed by atoms with van der Waals surface area (Å²) in [4.78, 5) is 26.2. The fourth-order valence-corrected chi connectivity index (χ4v) is 7.18. The van der Waals surface area contributed by atoms with Crippen molar-refractivity contribution in [3.05, 3.63) is 82.7 Å². The Bertz CT molecular complexity index is 1590. The second-order valence-electron chi connectivity index (χ2n) is 12.7. The molecule has 10 nitrogen and oxygen atoms in total. The summed E-state index contributed by atoms with van der Waals surface area (Å²) < 4.78 is 40.6. The molecule has 3 heterocycles. The van der Waals surface area contributed by atoms with E-state index >= 15 is 0 Å². The summed E-state index contributed by atoms with van der Waals surface area (Å²) in [6.07, 6.45) is 3.05. The normalized spacial score (nSPS) is 16.8. The first-order chi connectivity index (χ1) is 20.9. The molecular formula is C33H42N4O6S. The van der Waals surface area contributed by atoms with Crippen molar-refractivity contribution in [2.24, 2.45) is 10.8 Å². The first-order valence-electron chi connectivity index (χ1n) is 15.2. The predicted octanol–water partition coefficient (Wildman–Crippen LogP) is 4.23. The number of hydrogen-bond acceptors (Lipinski definition) is 7.